The van der Waals surface area contributed by atoms with E-state index in [4.69, 9.17) is 0 Å². The van der Waals surface area contributed by atoms with Crippen molar-refractivity contribution in [1.29, 1.82) is 0 Å². The van der Waals surface area contributed by atoms with Gasteiger partial charge in [0.25, 0.3) is 0 Å². The number of nitrogens with zero attached hydrogens (tertiary/aromatic N) is 2. The highest BCUT2D eigenvalue weighted by Crippen LogP contribution is 2.26. The smallest absolute Gasteiger partial charge is 0.137 e. The summed E-state index contributed by atoms with van der Waals surface area (Å²) in [4.78, 5) is 8.92. The SMILES string of the molecule is Brc1ccc2ncnc(NC3CCCCCCCCCCC3)c2c1. The Kier molecular flexibility index (Phi) is 6.88. The zero-order valence-corrected chi connectivity index (χ0v) is 16.0. The minimum Gasteiger partial charge on any atom is -0.367 e. The van der Waals surface area contributed by atoms with Gasteiger partial charge in [0.2, 0.25) is 0 Å². The molecule has 0 saturated heterocycles. The van der Waals surface area contributed by atoms with Crippen molar-refractivity contribution in [1.82, 2.24) is 9.97 Å². The van der Waals surface area contributed by atoms with E-state index in [0.717, 1.165) is 21.2 Å². The fraction of sp³-hybridized carbons (Fsp3) is 0.600. The standard InChI is InChI=1S/C20H28BrN3/c21-16-12-13-19-18(14-16)20(23-15-22-19)24-17-10-8-6-4-2-1-3-5-7-9-11-17/h12-15,17H,1-11H2,(H,22,23,24). The number of nitrogens with one attached hydrogen (secondary N) is 1. The van der Waals surface area contributed by atoms with E-state index in [1.54, 1.807) is 6.33 Å². The van der Waals surface area contributed by atoms with E-state index < -0.39 is 0 Å². The number of aromatic nitrogens is 2. The molecule has 0 spiro atoms. The van der Waals surface area contributed by atoms with Crippen molar-refractivity contribution in [2.45, 2.75) is 76.7 Å². The second-order valence-electron chi connectivity index (χ2n) is 6.98. The molecule has 3 rings (SSSR count). The van der Waals surface area contributed by atoms with Crippen molar-refractivity contribution in [3.8, 4) is 0 Å². The normalized spacial score (nSPS) is 18.7. The molecule has 0 unspecified atom stereocenters. The summed E-state index contributed by atoms with van der Waals surface area (Å²) in [6.07, 6.45) is 16.6. The van der Waals surface area contributed by atoms with Crippen LogP contribution in [0.1, 0.15) is 70.6 Å². The molecular weight excluding hydrogens is 362 g/mol. The monoisotopic (exact) mass is 389 g/mol. The molecule has 1 fully saturated rings. The number of benzene rings is 1. The van der Waals surface area contributed by atoms with E-state index in [2.05, 4.69) is 37.3 Å². The van der Waals surface area contributed by atoms with Crippen molar-refractivity contribution in [3.05, 3.63) is 29.0 Å². The van der Waals surface area contributed by atoms with Crippen molar-refractivity contribution in [2.24, 2.45) is 0 Å². The van der Waals surface area contributed by atoms with Crippen LogP contribution in [0, 0.1) is 0 Å². The molecule has 130 valence electrons. The lowest BCUT2D eigenvalue weighted by Crippen LogP contribution is -2.20. The lowest BCUT2D eigenvalue weighted by atomic mass is 9.98. The van der Waals surface area contributed by atoms with Gasteiger partial charge in [0.15, 0.2) is 0 Å². The third-order valence-electron chi connectivity index (χ3n) is 5.04. The Morgan fingerprint density at radius 1 is 0.833 bits per heavy atom. The average molecular weight is 390 g/mol. The number of halogens is 1. The molecule has 1 saturated carbocycles. The fourth-order valence-corrected chi connectivity index (χ4v) is 4.01. The largest absolute Gasteiger partial charge is 0.367 e. The molecule has 0 bridgehead atoms. The van der Waals surface area contributed by atoms with E-state index in [1.165, 1.54) is 70.6 Å². The van der Waals surface area contributed by atoms with Gasteiger partial charge in [-0.1, -0.05) is 73.7 Å². The van der Waals surface area contributed by atoms with E-state index >= 15 is 0 Å². The summed E-state index contributed by atoms with van der Waals surface area (Å²) in [5.41, 5.74) is 1.00. The van der Waals surface area contributed by atoms with Crippen LogP contribution in [0.15, 0.2) is 29.0 Å². The second kappa shape index (κ2) is 9.36. The van der Waals surface area contributed by atoms with Crippen LogP contribution in [0.3, 0.4) is 0 Å². The van der Waals surface area contributed by atoms with Crippen molar-refractivity contribution >= 4 is 32.7 Å². The Morgan fingerprint density at radius 2 is 1.46 bits per heavy atom. The van der Waals surface area contributed by atoms with E-state index in [-0.39, 0.29) is 0 Å². The van der Waals surface area contributed by atoms with E-state index in [0.29, 0.717) is 6.04 Å². The van der Waals surface area contributed by atoms with Crippen LogP contribution in [-0.2, 0) is 0 Å². The summed E-state index contributed by atoms with van der Waals surface area (Å²) in [5, 5.41) is 4.84. The molecule has 0 amide bonds. The van der Waals surface area contributed by atoms with Gasteiger partial charge >= 0.3 is 0 Å². The molecule has 4 heteroatoms. The number of hydrogen-bond donors (Lipinski definition) is 1. The van der Waals surface area contributed by atoms with Gasteiger partial charge in [-0.15, -0.1) is 0 Å². The lowest BCUT2D eigenvalue weighted by molar-refractivity contribution is 0.480. The van der Waals surface area contributed by atoms with Crippen molar-refractivity contribution in [3.63, 3.8) is 0 Å². The van der Waals surface area contributed by atoms with Gasteiger partial charge in [0.1, 0.15) is 12.1 Å². The van der Waals surface area contributed by atoms with Gasteiger partial charge < -0.3 is 5.32 Å². The molecule has 0 atom stereocenters. The topological polar surface area (TPSA) is 37.8 Å². The summed E-state index contributed by atoms with van der Waals surface area (Å²) in [6.45, 7) is 0. The van der Waals surface area contributed by atoms with Crippen LogP contribution in [-0.4, -0.2) is 16.0 Å². The zero-order valence-electron chi connectivity index (χ0n) is 14.4. The van der Waals surface area contributed by atoms with Crippen LogP contribution in [0.4, 0.5) is 5.82 Å². The number of rotatable bonds is 2. The van der Waals surface area contributed by atoms with Crippen LogP contribution < -0.4 is 5.32 Å². The molecular formula is C20H28BrN3. The highest BCUT2D eigenvalue weighted by molar-refractivity contribution is 9.10. The predicted octanol–water partition coefficient (Wildman–Crippen LogP) is 6.48. The molecule has 1 aromatic carbocycles. The molecule has 1 aliphatic rings. The maximum atomic E-state index is 4.53. The summed E-state index contributed by atoms with van der Waals surface area (Å²) < 4.78 is 1.08. The minimum atomic E-state index is 0.529. The summed E-state index contributed by atoms with van der Waals surface area (Å²) in [5.74, 6) is 0.985. The van der Waals surface area contributed by atoms with Crippen molar-refractivity contribution in [2.75, 3.05) is 5.32 Å². The van der Waals surface area contributed by atoms with E-state index in [1.807, 2.05) is 12.1 Å². The predicted molar refractivity (Wildman–Crippen MR) is 105 cm³/mol. The van der Waals surface area contributed by atoms with Gasteiger partial charge in [-0.3, -0.25) is 0 Å². The maximum Gasteiger partial charge on any atom is 0.137 e. The maximum absolute atomic E-state index is 4.53. The molecule has 1 N–H and O–H groups in total. The van der Waals surface area contributed by atoms with Crippen molar-refractivity contribution < 1.29 is 0 Å². The first-order chi connectivity index (χ1) is 11.8. The van der Waals surface area contributed by atoms with E-state index in [9.17, 15) is 0 Å². The highest BCUT2D eigenvalue weighted by Gasteiger charge is 2.12. The van der Waals surface area contributed by atoms with Crippen LogP contribution >= 0.6 is 15.9 Å². The third-order valence-corrected chi connectivity index (χ3v) is 5.54. The number of hydrogen-bond acceptors (Lipinski definition) is 3. The first-order valence-corrected chi connectivity index (χ1v) is 10.3. The van der Waals surface area contributed by atoms with Crippen LogP contribution in [0.5, 0.6) is 0 Å². The summed E-state index contributed by atoms with van der Waals surface area (Å²) >= 11 is 3.57. The molecule has 0 aliphatic heterocycles. The fourth-order valence-electron chi connectivity index (χ4n) is 3.64. The third kappa shape index (κ3) is 5.17. The Labute approximate surface area is 153 Å². The molecule has 2 aromatic rings. The first kappa shape index (κ1) is 17.7. The van der Waals surface area contributed by atoms with Gasteiger partial charge in [0, 0.05) is 15.9 Å². The Morgan fingerprint density at radius 3 is 2.12 bits per heavy atom. The van der Waals surface area contributed by atoms with Gasteiger partial charge in [-0.25, -0.2) is 9.97 Å². The van der Waals surface area contributed by atoms with Gasteiger partial charge in [0.05, 0.1) is 5.52 Å². The lowest BCUT2D eigenvalue weighted by Gasteiger charge is -2.21. The molecule has 1 heterocycles. The van der Waals surface area contributed by atoms with Gasteiger partial charge in [-0.2, -0.15) is 0 Å². The Hall–Kier alpha value is -1.16. The number of fused-ring (bicyclic) bond motifs is 1. The summed E-state index contributed by atoms with van der Waals surface area (Å²) in [6, 6.07) is 6.73. The molecule has 1 aliphatic carbocycles. The second-order valence-corrected chi connectivity index (χ2v) is 7.90. The zero-order chi connectivity index (χ0) is 16.6. The first-order valence-electron chi connectivity index (χ1n) is 9.50. The van der Waals surface area contributed by atoms with Crippen LogP contribution in [0.25, 0.3) is 10.9 Å². The molecule has 0 radical (unpaired) electrons. The molecule has 24 heavy (non-hydrogen) atoms. The Balaban J connectivity index is 1.70. The minimum absolute atomic E-state index is 0.529. The molecule has 1 aromatic heterocycles. The highest BCUT2D eigenvalue weighted by atomic mass is 79.9. The quantitative estimate of drug-likeness (QED) is 0.638. The Bertz CT molecular complexity index is 632. The molecule has 3 nitrogen and oxygen atoms in total. The van der Waals surface area contributed by atoms with Gasteiger partial charge in [-0.05, 0) is 31.0 Å². The number of anilines is 1. The summed E-state index contributed by atoms with van der Waals surface area (Å²) in [7, 11) is 0. The van der Waals surface area contributed by atoms with Crippen LogP contribution in [0.2, 0.25) is 0 Å². The average Bonchev–Trinajstić information content (AvgIpc) is 2.58.